The standard InChI is InChI=1S/C25H34O6/c1-6-7-8-9-18-12-22(30-16(4)26)24(23(13-18)31-17(5)27)21-14-19(25(28)29)10-11-20(21)15(2)3/h12-15,20-21H,6-11H2,1-5H3,(H,28,29)/t20-,21+/m0/s1. The quantitative estimate of drug-likeness (QED) is 0.319. The largest absolute Gasteiger partial charge is 0.478 e. The smallest absolute Gasteiger partial charge is 0.331 e. The minimum atomic E-state index is -0.952. The van der Waals surface area contributed by atoms with Gasteiger partial charge in [0.2, 0.25) is 0 Å². The molecule has 1 aliphatic rings. The Hall–Kier alpha value is -2.63. The normalized spacial score (nSPS) is 18.5. The number of benzene rings is 1. The molecule has 0 saturated heterocycles. The Balaban J connectivity index is 2.69. The van der Waals surface area contributed by atoms with Crippen LogP contribution in [0.4, 0.5) is 0 Å². The van der Waals surface area contributed by atoms with E-state index in [4.69, 9.17) is 9.47 Å². The molecule has 0 aliphatic heterocycles. The highest BCUT2D eigenvalue weighted by atomic mass is 16.5. The van der Waals surface area contributed by atoms with Crippen molar-refractivity contribution < 1.29 is 29.0 Å². The van der Waals surface area contributed by atoms with Gasteiger partial charge in [-0.1, -0.05) is 39.7 Å². The molecule has 0 bridgehead atoms. The monoisotopic (exact) mass is 430 g/mol. The Labute approximate surface area is 184 Å². The Morgan fingerprint density at radius 2 is 1.65 bits per heavy atom. The molecule has 6 heteroatoms. The van der Waals surface area contributed by atoms with Crippen molar-refractivity contribution in [3.05, 3.63) is 34.9 Å². The summed E-state index contributed by atoms with van der Waals surface area (Å²) in [7, 11) is 0. The zero-order chi connectivity index (χ0) is 23.1. The summed E-state index contributed by atoms with van der Waals surface area (Å²) in [4.78, 5) is 35.5. The molecular weight excluding hydrogens is 396 g/mol. The lowest BCUT2D eigenvalue weighted by molar-refractivity contribution is -0.134. The van der Waals surface area contributed by atoms with Crippen molar-refractivity contribution in [2.75, 3.05) is 0 Å². The molecule has 1 N–H and O–H groups in total. The lowest BCUT2D eigenvalue weighted by atomic mass is 9.71. The number of carbonyl (C=O) groups excluding carboxylic acids is 2. The van der Waals surface area contributed by atoms with Crippen molar-refractivity contribution in [3.8, 4) is 11.5 Å². The van der Waals surface area contributed by atoms with Crippen LogP contribution in [0.15, 0.2) is 23.8 Å². The van der Waals surface area contributed by atoms with Crippen LogP contribution in [0.3, 0.4) is 0 Å². The maximum Gasteiger partial charge on any atom is 0.331 e. The first-order valence-corrected chi connectivity index (χ1v) is 11.1. The predicted octanol–water partition coefficient (Wildman–Crippen LogP) is 5.43. The van der Waals surface area contributed by atoms with Crippen LogP contribution in [-0.4, -0.2) is 23.0 Å². The lowest BCUT2D eigenvalue weighted by Gasteiger charge is -2.34. The number of carboxylic acid groups (broad SMARTS) is 1. The van der Waals surface area contributed by atoms with Gasteiger partial charge in [-0.2, -0.15) is 0 Å². The fourth-order valence-corrected chi connectivity index (χ4v) is 4.33. The van der Waals surface area contributed by atoms with E-state index < -0.39 is 17.9 Å². The molecule has 0 fully saturated rings. The molecular formula is C25H34O6. The van der Waals surface area contributed by atoms with Gasteiger partial charge in [0, 0.05) is 30.9 Å². The number of rotatable bonds is 9. The molecule has 0 saturated carbocycles. The maximum absolute atomic E-state index is 11.9. The van der Waals surface area contributed by atoms with E-state index in [1.54, 1.807) is 6.08 Å². The Kier molecular flexibility index (Phi) is 8.84. The second-order valence-electron chi connectivity index (χ2n) is 8.62. The van der Waals surface area contributed by atoms with E-state index in [0.717, 1.165) is 31.2 Å². The summed E-state index contributed by atoms with van der Waals surface area (Å²) >= 11 is 0. The molecule has 1 aliphatic carbocycles. The van der Waals surface area contributed by atoms with Gasteiger partial charge in [0.1, 0.15) is 11.5 Å². The highest BCUT2D eigenvalue weighted by Gasteiger charge is 2.35. The number of carbonyl (C=O) groups is 3. The van der Waals surface area contributed by atoms with Crippen molar-refractivity contribution in [1.82, 2.24) is 0 Å². The Morgan fingerprint density at radius 3 is 2.10 bits per heavy atom. The third-order valence-electron chi connectivity index (χ3n) is 5.79. The number of aliphatic carboxylic acids is 1. The highest BCUT2D eigenvalue weighted by molar-refractivity contribution is 5.87. The van der Waals surface area contributed by atoms with Gasteiger partial charge in [-0.05, 0) is 55.2 Å². The summed E-state index contributed by atoms with van der Waals surface area (Å²) in [6.07, 6.45) is 6.79. The van der Waals surface area contributed by atoms with Crippen molar-refractivity contribution in [1.29, 1.82) is 0 Å². The van der Waals surface area contributed by atoms with Crippen LogP contribution >= 0.6 is 0 Å². The van der Waals surface area contributed by atoms with Gasteiger partial charge in [0.05, 0.1) is 0 Å². The number of ether oxygens (including phenoxy) is 2. The van der Waals surface area contributed by atoms with Gasteiger partial charge in [-0.3, -0.25) is 9.59 Å². The Bertz CT molecular complexity index is 815. The number of carboxylic acids is 1. The van der Waals surface area contributed by atoms with Crippen molar-refractivity contribution in [3.63, 3.8) is 0 Å². The SMILES string of the molecule is CCCCCc1cc(OC(C)=O)c([C@@H]2C=C(C(=O)O)CC[C@H]2C(C)C)c(OC(C)=O)c1. The van der Waals surface area contributed by atoms with Crippen LogP contribution in [0.2, 0.25) is 0 Å². The van der Waals surface area contributed by atoms with Crippen LogP contribution in [0.1, 0.15) is 83.8 Å². The molecule has 0 unspecified atom stereocenters. The van der Waals surface area contributed by atoms with E-state index in [1.807, 2.05) is 12.1 Å². The lowest BCUT2D eigenvalue weighted by Crippen LogP contribution is -2.25. The summed E-state index contributed by atoms with van der Waals surface area (Å²) in [6.45, 7) is 8.97. The van der Waals surface area contributed by atoms with Gasteiger partial charge < -0.3 is 14.6 Å². The van der Waals surface area contributed by atoms with Crippen LogP contribution in [0.25, 0.3) is 0 Å². The third kappa shape index (κ3) is 6.68. The zero-order valence-corrected chi connectivity index (χ0v) is 19.2. The molecule has 6 nitrogen and oxygen atoms in total. The molecule has 2 rings (SSSR count). The second kappa shape index (κ2) is 11.1. The Morgan fingerprint density at radius 1 is 1.06 bits per heavy atom. The predicted molar refractivity (Wildman–Crippen MR) is 118 cm³/mol. The first-order valence-electron chi connectivity index (χ1n) is 11.1. The number of unbranched alkanes of at least 4 members (excludes halogenated alkanes) is 2. The summed E-state index contributed by atoms with van der Waals surface area (Å²) in [6, 6.07) is 3.67. The average Bonchev–Trinajstić information content (AvgIpc) is 2.66. The molecule has 0 spiro atoms. The molecule has 1 aromatic rings. The van der Waals surface area contributed by atoms with Crippen molar-refractivity contribution >= 4 is 17.9 Å². The van der Waals surface area contributed by atoms with Crippen LogP contribution in [0.5, 0.6) is 11.5 Å². The number of aryl methyl sites for hydroxylation is 1. The fraction of sp³-hybridized carbons (Fsp3) is 0.560. The number of esters is 2. The van der Waals surface area contributed by atoms with E-state index in [0.29, 0.717) is 35.5 Å². The molecule has 1 aromatic carbocycles. The van der Waals surface area contributed by atoms with Crippen LogP contribution in [0, 0.1) is 11.8 Å². The van der Waals surface area contributed by atoms with Crippen molar-refractivity contribution in [2.45, 2.75) is 79.1 Å². The first kappa shape index (κ1) is 24.6. The van der Waals surface area contributed by atoms with Gasteiger partial charge in [0.25, 0.3) is 0 Å². The third-order valence-corrected chi connectivity index (χ3v) is 5.79. The molecule has 0 amide bonds. The summed E-state index contributed by atoms with van der Waals surface area (Å²) in [5, 5.41) is 9.58. The van der Waals surface area contributed by atoms with E-state index in [2.05, 4.69) is 20.8 Å². The van der Waals surface area contributed by atoms with Crippen LogP contribution < -0.4 is 9.47 Å². The van der Waals surface area contributed by atoms with E-state index in [-0.39, 0.29) is 17.8 Å². The van der Waals surface area contributed by atoms with Gasteiger partial charge in [0.15, 0.2) is 0 Å². The summed E-state index contributed by atoms with van der Waals surface area (Å²) in [5.74, 6) is -1.17. The molecule has 170 valence electrons. The average molecular weight is 431 g/mol. The van der Waals surface area contributed by atoms with Gasteiger partial charge in [-0.15, -0.1) is 0 Å². The zero-order valence-electron chi connectivity index (χ0n) is 19.2. The topological polar surface area (TPSA) is 89.9 Å². The van der Waals surface area contributed by atoms with E-state index >= 15 is 0 Å². The maximum atomic E-state index is 11.9. The van der Waals surface area contributed by atoms with Crippen molar-refractivity contribution in [2.24, 2.45) is 11.8 Å². The van der Waals surface area contributed by atoms with Gasteiger partial charge in [-0.25, -0.2) is 4.79 Å². The fourth-order valence-electron chi connectivity index (χ4n) is 4.33. The summed E-state index contributed by atoms with van der Waals surface area (Å²) < 4.78 is 11.2. The highest BCUT2D eigenvalue weighted by Crippen LogP contribution is 2.48. The molecule has 31 heavy (non-hydrogen) atoms. The number of hydrogen-bond donors (Lipinski definition) is 1. The first-order chi connectivity index (χ1) is 14.6. The van der Waals surface area contributed by atoms with E-state index in [9.17, 15) is 19.5 Å². The number of hydrogen-bond acceptors (Lipinski definition) is 5. The minimum Gasteiger partial charge on any atom is -0.478 e. The molecule has 2 atom stereocenters. The van der Waals surface area contributed by atoms with Gasteiger partial charge >= 0.3 is 17.9 Å². The minimum absolute atomic E-state index is 0.123. The van der Waals surface area contributed by atoms with E-state index in [1.165, 1.54) is 13.8 Å². The molecule has 0 aromatic heterocycles. The number of allylic oxidation sites excluding steroid dienone is 1. The van der Waals surface area contributed by atoms with Crippen LogP contribution in [-0.2, 0) is 20.8 Å². The second-order valence-corrected chi connectivity index (χ2v) is 8.62. The molecule has 0 radical (unpaired) electrons. The molecule has 0 heterocycles. The summed E-state index contributed by atoms with van der Waals surface area (Å²) in [5.41, 5.74) is 1.82.